The van der Waals surface area contributed by atoms with Crippen LogP contribution in [0.15, 0.2) is 36.4 Å². The molecule has 0 bridgehead atoms. The number of aryl methyl sites for hydroxylation is 1. The van der Waals surface area contributed by atoms with Gasteiger partial charge < -0.3 is 14.4 Å². The summed E-state index contributed by atoms with van der Waals surface area (Å²) in [4.78, 5) is 41.8. The number of likely N-dealkylation sites (tertiary alicyclic amines) is 1. The molecule has 0 spiro atoms. The zero-order valence-electron chi connectivity index (χ0n) is 18.8. The Hall–Kier alpha value is -3.42. The van der Waals surface area contributed by atoms with Gasteiger partial charge in [0.25, 0.3) is 5.91 Å². The number of halogens is 1. The van der Waals surface area contributed by atoms with Gasteiger partial charge in [-0.05, 0) is 75.1 Å². The zero-order chi connectivity index (χ0) is 23.5. The van der Waals surface area contributed by atoms with E-state index in [1.54, 1.807) is 36.9 Å². The van der Waals surface area contributed by atoms with Crippen molar-refractivity contribution in [3.8, 4) is 11.5 Å². The third-order valence-corrected chi connectivity index (χ3v) is 6.07. The second kappa shape index (κ2) is 9.60. The average molecular weight is 454 g/mol. The Morgan fingerprint density at radius 2 is 1.88 bits per heavy atom. The number of benzene rings is 2. The standard InChI is InChI=1S/C25H27FN2O5/c1-16-12-19(26)7-9-22(16)32-14-21(29)18-6-8-23-20(13-18)28(24(30)15-33-23)17(2)25(31)27-10-4-3-5-11-27/h6-9,12-13,17H,3-5,10-11,14-15H2,1-2H3/t17-/m1/s1. The number of piperidine rings is 1. The van der Waals surface area contributed by atoms with Crippen LogP contribution in [0.4, 0.5) is 10.1 Å². The second-order valence-corrected chi connectivity index (χ2v) is 8.42. The van der Waals surface area contributed by atoms with E-state index in [0.29, 0.717) is 41.4 Å². The first-order valence-corrected chi connectivity index (χ1v) is 11.1. The van der Waals surface area contributed by atoms with E-state index in [1.165, 1.54) is 23.1 Å². The van der Waals surface area contributed by atoms with Crippen molar-refractivity contribution in [2.24, 2.45) is 0 Å². The molecule has 0 saturated carbocycles. The van der Waals surface area contributed by atoms with Gasteiger partial charge in [-0.15, -0.1) is 0 Å². The molecule has 2 aliphatic heterocycles. The zero-order valence-corrected chi connectivity index (χ0v) is 18.8. The van der Waals surface area contributed by atoms with Crippen molar-refractivity contribution in [2.75, 3.05) is 31.2 Å². The van der Waals surface area contributed by atoms with Crippen molar-refractivity contribution in [2.45, 2.75) is 39.2 Å². The van der Waals surface area contributed by atoms with Gasteiger partial charge in [0.15, 0.2) is 19.0 Å². The lowest BCUT2D eigenvalue weighted by Crippen LogP contribution is -2.53. The van der Waals surface area contributed by atoms with Crippen LogP contribution in [0, 0.1) is 12.7 Å². The number of ether oxygens (including phenoxy) is 2. The molecule has 1 atom stereocenters. The van der Waals surface area contributed by atoms with Crippen LogP contribution in [0.1, 0.15) is 42.1 Å². The Kier molecular flexibility index (Phi) is 6.62. The Balaban J connectivity index is 1.53. The number of carbonyl (C=O) groups is 3. The van der Waals surface area contributed by atoms with Crippen molar-refractivity contribution in [1.29, 1.82) is 0 Å². The van der Waals surface area contributed by atoms with Gasteiger partial charge in [0.2, 0.25) is 5.91 Å². The monoisotopic (exact) mass is 454 g/mol. The molecule has 0 unspecified atom stereocenters. The van der Waals surface area contributed by atoms with Crippen LogP contribution in [0.2, 0.25) is 0 Å². The number of rotatable bonds is 6. The molecular formula is C25H27FN2O5. The third-order valence-electron chi connectivity index (χ3n) is 6.07. The highest BCUT2D eigenvalue weighted by atomic mass is 19.1. The first-order chi connectivity index (χ1) is 15.8. The van der Waals surface area contributed by atoms with E-state index in [9.17, 15) is 18.8 Å². The SMILES string of the molecule is Cc1cc(F)ccc1OCC(=O)c1ccc2c(c1)N([C@H](C)C(=O)N1CCCCC1)C(=O)CO2. The van der Waals surface area contributed by atoms with Gasteiger partial charge in [0.05, 0.1) is 5.69 Å². The number of hydrogen-bond donors (Lipinski definition) is 0. The Morgan fingerprint density at radius 3 is 2.61 bits per heavy atom. The van der Waals surface area contributed by atoms with Crippen LogP contribution >= 0.6 is 0 Å². The quantitative estimate of drug-likeness (QED) is 0.625. The minimum Gasteiger partial charge on any atom is -0.485 e. The molecule has 0 aromatic heterocycles. The molecule has 0 aliphatic carbocycles. The molecule has 2 amide bonds. The maximum atomic E-state index is 13.3. The van der Waals surface area contributed by atoms with Gasteiger partial charge >= 0.3 is 0 Å². The van der Waals surface area contributed by atoms with Gasteiger partial charge in [0.1, 0.15) is 23.4 Å². The molecule has 8 heteroatoms. The number of carbonyl (C=O) groups excluding carboxylic acids is 3. The normalized spacial score (nSPS) is 16.6. The van der Waals surface area contributed by atoms with Crippen LogP contribution in [0.25, 0.3) is 0 Å². The molecule has 2 aliphatic rings. The molecule has 4 rings (SSSR count). The van der Waals surface area contributed by atoms with Crippen molar-refractivity contribution in [1.82, 2.24) is 4.90 Å². The van der Waals surface area contributed by atoms with Crippen molar-refractivity contribution in [3.05, 3.63) is 53.3 Å². The molecule has 1 fully saturated rings. The predicted molar refractivity (Wildman–Crippen MR) is 120 cm³/mol. The summed E-state index contributed by atoms with van der Waals surface area (Å²) in [5.74, 6) is -0.261. The Bertz CT molecular complexity index is 1080. The fourth-order valence-corrected chi connectivity index (χ4v) is 4.26. The van der Waals surface area contributed by atoms with Crippen LogP contribution < -0.4 is 14.4 Å². The molecule has 1 saturated heterocycles. The molecule has 0 radical (unpaired) electrons. The lowest BCUT2D eigenvalue weighted by molar-refractivity contribution is -0.135. The number of hydrogen-bond acceptors (Lipinski definition) is 5. The van der Waals surface area contributed by atoms with E-state index in [2.05, 4.69) is 0 Å². The minimum absolute atomic E-state index is 0.109. The van der Waals surface area contributed by atoms with E-state index < -0.39 is 6.04 Å². The lowest BCUT2D eigenvalue weighted by atomic mass is 10.1. The van der Waals surface area contributed by atoms with Gasteiger partial charge in [-0.3, -0.25) is 19.3 Å². The average Bonchev–Trinajstić information content (AvgIpc) is 2.82. The largest absolute Gasteiger partial charge is 0.485 e. The number of nitrogens with zero attached hydrogens (tertiary/aromatic N) is 2. The van der Waals surface area contributed by atoms with Crippen LogP contribution in [-0.4, -0.2) is 54.8 Å². The van der Waals surface area contributed by atoms with E-state index in [0.717, 1.165) is 19.3 Å². The summed E-state index contributed by atoms with van der Waals surface area (Å²) in [6, 6.07) is 8.17. The predicted octanol–water partition coefficient (Wildman–Crippen LogP) is 3.52. The van der Waals surface area contributed by atoms with Gasteiger partial charge in [-0.2, -0.15) is 0 Å². The summed E-state index contributed by atoms with van der Waals surface area (Å²) < 4.78 is 24.4. The number of anilines is 1. The highest BCUT2D eigenvalue weighted by Gasteiger charge is 2.35. The smallest absolute Gasteiger partial charge is 0.265 e. The topological polar surface area (TPSA) is 76.2 Å². The Labute approximate surface area is 192 Å². The van der Waals surface area contributed by atoms with Gasteiger partial charge in [-0.25, -0.2) is 4.39 Å². The van der Waals surface area contributed by atoms with Crippen molar-refractivity contribution in [3.63, 3.8) is 0 Å². The molecule has 2 aromatic rings. The number of amides is 2. The summed E-state index contributed by atoms with van der Waals surface area (Å²) in [7, 11) is 0. The fraction of sp³-hybridized carbons (Fsp3) is 0.400. The molecule has 174 valence electrons. The fourth-order valence-electron chi connectivity index (χ4n) is 4.26. The first-order valence-electron chi connectivity index (χ1n) is 11.1. The molecular weight excluding hydrogens is 427 g/mol. The van der Waals surface area contributed by atoms with E-state index >= 15 is 0 Å². The van der Waals surface area contributed by atoms with Gasteiger partial charge in [0, 0.05) is 18.7 Å². The Morgan fingerprint density at radius 1 is 1.12 bits per heavy atom. The van der Waals surface area contributed by atoms with Crippen molar-refractivity contribution >= 4 is 23.3 Å². The highest BCUT2D eigenvalue weighted by molar-refractivity contribution is 6.05. The molecule has 2 heterocycles. The molecule has 2 aromatic carbocycles. The summed E-state index contributed by atoms with van der Waals surface area (Å²) >= 11 is 0. The summed E-state index contributed by atoms with van der Waals surface area (Å²) in [5.41, 5.74) is 1.31. The molecule has 33 heavy (non-hydrogen) atoms. The van der Waals surface area contributed by atoms with E-state index in [4.69, 9.17) is 9.47 Å². The number of Topliss-reactive ketones (excluding diaryl/α,β-unsaturated/α-hetero) is 1. The van der Waals surface area contributed by atoms with Gasteiger partial charge in [-0.1, -0.05) is 0 Å². The second-order valence-electron chi connectivity index (χ2n) is 8.42. The summed E-state index contributed by atoms with van der Waals surface area (Å²) in [6.07, 6.45) is 3.01. The summed E-state index contributed by atoms with van der Waals surface area (Å²) in [5, 5.41) is 0. The van der Waals surface area contributed by atoms with Crippen LogP contribution in [0.3, 0.4) is 0 Å². The maximum absolute atomic E-state index is 13.3. The van der Waals surface area contributed by atoms with E-state index in [1.807, 2.05) is 0 Å². The van der Waals surface area contributed by atoms with Crippen LogP contribution in [0.5, 0.6) is 11.5 Å². The van der Waals surface area contributed by atoms with E-state index in [-0.39, 0.29) is 36.6 Å². The van der Waals surface area contributed by atoms with Crippen molar-refractivity contribution < 1.29 is 28.2 Å². The maximum Gasteiger partial charge on any atom is 0.265 e. The lowest BCUT2D eigenvalue weighted by Gasteiger charge is -2.37. The minimum atomic E-state index is -0.707. The van der Waals surface area contributed by atoms with Crippen LogP contribution in [-0.2, 0) is 9.59 Å². The number of ketones is 1. The third kappa shape index (κ3) is 4.84. The number of fused-ring (bicyclic) bond motifs is 1. The molecule has 7 nitrogen and oxygen atoms in total. The first kappa shape index (κ1) is 22.8. The summed E-state index contributed by atoms with van der Waals surface area (Å²) in [6.45, 7) is 4.37. The molecule has 0 N–H and O–H groups in total. The highest BCUT2D eigenvalue weighted by Crippen LogP contribution is 2.35.